The predicted octanol–water partition coefficient (Wildman–Crippen LogP) is 3.26. The van der Waals surface area contributed by atoms with Gasteiger partial charge >= 0.3 is 0 Å². The van der Waals surface area contributed by atoms with Gasteiger partial charge in [-0.25, -0.2) is 0 Å². The van der Waals surface area contributed by atoms with Gasteiger partial charge in [0.2, 0.25) is 0 Å². The second-order valence-electron chi connectivity index (χ2n) is 5.61. The third kappa shape index (κ3) is 4.13. The van der Waals surface area contributed by atoms with E-state index in [2.05, 4.69) is 20.8 Å². The monoisotopic (exact) mass is 351 g/mol. The molecule has 1 amide bonds. The maximum atomic E-state index is 12.6. The average molecular weight is 351 g/mol. The number of hydrogen-bond acceptors (Lipinski definition) is 5. The van der Waals surface area contributed by atoms with Gasteiger partial charge in [-0.05, 0) is 36.8 Å². The molecule has 0 bridgehead atoms. The van der Waals surface area contributed by atoms with E-state index < -0.39 is 0 Å². The summed E-state index contributed by atoms with van der Waals surface area (Å²) in [6, 6.07) is 17.0. The van der Waals surface area contributed by atoms with Crippen LogP contribution in [0.15, 0.2) is 54.6 Å². The minimum atomic E-state index is -0.337. The van der Waals surface area contributed by atoms with Crippen LogP contribution >= 0.6 is 0 Å². The third-order valence-electron chi connectivity index (χ3n) is 3.75. The Morgan fingerprint density at radius 2 is 1.88 bits per heavy atom. The molecular weight excluding hydrogens is 330 g/mol. The summed E-state index contributed by atoms with van der Waals surface area (Å²) in [7, 11) is 0. The van der Waals surface area contributed by atoms with Crippen LogP contribution in [0.5, 0.6) is 5.75 Å². The molecule has 0 saturated carbocycles. The maximum Gasteiger partial charge on any atom is 0.263 e. The number of aromatic amines is 1. The van der Waals surface area contributed by atoms with Crippen molar-refractivity contribution in [2.24, 2.45) is 0 Å². The smallest absolute Gasteiger partial charge is 0.263 e. The number of rotatable bonds is 7. The summed E-state index contributed by atoms with van der Waals surface area (Å²) >= 11 is 0. The van der Waals surface area contributed by atoms with Crippen LogP contribution in [0.4, 0.5) is 17.3 Å². The summed E-state index contributed by atoms with van der Waals surface area (Å²) in [5.41, 5.74) is 7.90. The van der Waals surface area contributed by atoms with E-state index in [1.807, 2.05) is 37.3 Å². The van der Waals surface area contributed by atoms with Crippen molar-refractivity contribution in [3.63, 3.8) is 0 Å². The molecule has 0 fully saturated rings. The first-order valence-electron chi connectivity index (χ1n) is 8.33. The predicted molar refractivity (Wildman–Crippen MR) is 102 cm³/mol. The number of H-pyrrole nitrogens is 1. The number of nitrogens with two attached hydrogens (primary N) is 1. The van der Waals surface area contributed by atoms with Crippen LogP contribution in [0.25, 0.3) is 0 Å². The Bertz CT molecular complexity index is 859. The Hall–Kier alpha value is -3.48. The van der Waals surface area contributed by atoms with Gasteiger partial charge < -0.3 is 21.1 Å². The van der Waals surface area contributed by atoms with E-state index in [1.165, 1.54) is 0 Å². The van der Waals surface area contributed by atoms with Gasteiger partial charge in [-0.2, -0.15) is 5.10 Å². The Morgan fingerprint density at radius 3 is 2.58 bits per heavy atom. The number of nitrogen functional groups attached to an aromatic ring is 1. The molecular formula is C19H21N5O2. The van der Waals surface area contributed by atoms with Crippen LogP contribution in [-0.4, -0.2) is 22.7 Å². The molecule has 0 radical (unpaired) electrons. The second-order valence-corrected chi connectivity index (χ2v) is 5.61. The van der Waals surface area contributed by atoms with Crippen molar-refractivity contribution in [2.45, 2.75) is 13.5 Å². The first-order chi connectivity index (χ1) is 12.7. The largest absolute Gasteiger partial charge is 0.494 e. The van der Waals surface area contributed by atoms with Crippen LogP contribution in [0.2, 0.25) is 0 Å². The molecule has 3 rings (SSSR count). The Kier molecular flexibility index (Phi) is 5.38. The number of anilines is 3. The Balaban J connectivity index is 1.69. The number of nitrogens with zero attached hydrogens (tertiary/aromatic N) is 1. The quantitative estimate of drug-likeness (QED) is 0.523. The molecule has 1 heterocycles. The van der Waals surface area contributed by atoms with E-state index in [-0.39, 0.29) is 17.3 Å². The van der Waals surface area contributed by atoms with Crippen molar-refractivity contribution in [3.05, 3.63) is 65.7 Å². The molecule has 0 atom stereocenters. The summed E-state index contributed by atoms with van der Waals surface area (Å²) in [4.78, 5) is 12.6. The summed E-state index contributed by atoms with van der Waals surface area (Å²) in [5, 5.41) is 12.7. The highest BCUT2D eigenvalue weighted by Gasteiger charge is 2.19. The highest BCUT2D eigenvalue weighted by atomic mass is 16.5. The van der Waals surface area contributed by atoms with Gasteiger partial charge in [0.15, 0.2) is 5.82 Å². The van der Waals surface area contributed by atoms with Gasteiger partial charge in [0.25, 0.3) is 5.91 Å². The van der Waals surface area contributed by atoms with E-state index in [0.29, 0.717) is 24.7 Å². The lowest BCUT2D eigenvalue weighted by molar-refractivity contribution is 0.102. The SMILES string of the molecule is CCOc1ccc(NC(=O)c2c(NCc3ccccc3)n[nH]c2N)cc1. The molecule has 5 N–H and O–H groups in total. The molecule has 1 aromatic heterocycles. The van der Waals surface area contributed by atoms with Crippen LogP contribution in [-0.2, 0) is 6.54 Å². The van der Waals surface area contributed by atoms with Gasteiger partial charge in [0.1, 0.15) is 17.1 Å². The van der Waals surface area contributed by atoms with Crippen molar-refractivity contribution in [1.82, 2.24) is 10.2 Å². The fourth-order valence-electron chi connectivity index (χ4n) is 2.49. The molecule has 3 aromatic rings. The van der Waals surface area contributed by atoms with Crippen LogP contribution in [0, 0.1) is 0 Å². The topological polar surface area (TPSA) is 105 Å². The molecule has 2 aromatic carbocycles. The minimum Gasteiger partial charge on any atom is -0.494 e. The first kappa shape index (κ1) is 17.3. The molecule has 0 unspecified atom stereocenters. The first-order valence-corrected chi connectivity index (χ1v) is 8.33. The lowest BCUT2D eigenvalue weighted by Gasteiger charge is -2.09. The zero-order chi connectivity index (χ0) is 18.4. The van der Waals surface area contributed by atoms with Gasteiger partial charge in [0.05, 0.1) is 6.61 Å². The molecule has 0 spiro atoms. The average Bonchev–Trinajstić information content (AvgIpc) is 3.03. The van der Waals surface area contributed by atoms with Gasteiger partial charge in [-0.1, -0.05) is 30.3 Å². The Morgan fingerprint density at radius 1 is 1.15 bits per heavy atom. The zero-order valence-electron chi connectivity index (χ0n) is 14.5. The number of amides is 1. The summed E-state index contributed by atoms with van der Waals surface area (Å²) in [5.74, 6) is 1.04. The summed E-state index contributed by atoms with van der Waals surface area (Å²) in [6.07, 6.45) is 0. The third-order valence-corrected chi connectivity index (χ3v) is 3.75. The highest BCUT2D eigenvalue weighted by molar-refractivity contribution is 6.10. The van der Waals surface area contributed by atoms with E-state index in [4.69, 9.17) is 10.5 Å². The van der Waals surface area contributed by atoms with Crippen molar-refractivity contribution >= 4 is 23.2 Å². The number of ether oxygens (including phenoxy) is 1. The van der Waals surface area contributed by atoms with Crippen LogP contribution < -0.4 is 21.1 Å². The molecule has 7 nitrogen and oxygen atoms in total. The minimum absolute atomic E-state index is 0.212. The molecule has 7 heteroatoms. The van der Waals surface area contributed by atoms with Gasteiger partial charge in [-0.3, -0.25) is 9.89 Å². The Labute approximate surface area is 151 Å². The van der Waals surface area contributed by atoms with Gasteiger partial charge in [-0.15, -0.1) is 0 Å². The number of carbonyl (C=O) groups excluding carboxylic acids is 1. The highest BCUT2D eigenvalue weighted by Crippen LogP contribution is 2.22. The van der Waals surface area contributed by atoms with E-state index in [9.17, 15) is 4.79 Å². The fraction of sp³-hybridized carbons (Fsp3) is 0.158. The van der Waals surface area contributed by atoms with Crippen molar-refractivity contribution < 1.29 is 9.53 Å². The van der Waals surface area contributed by atoms with Crippen molar-refractivity contribution in [1.29, 1.82) is 0 Å². The molecule has 0 aliphatic carbocycles. The number of benzene rings is 2. The summed E-state index contributed by atoms with van der Waals surface area (Å²) < 4.78 is 5.39. The number of carbonyl (C=O) groups is 1. The van der Waals surface area contributed by atoms with Crippen LogP contribution in [0.3, 0.4) is 0 Å². The van der Waals surface area contributed by atoms with Crippen molar-refractivity contribution in [2.75, 3.05) is 23.0 Å². The molecule has 0 saturated heterocycles. The summed E-state index contributed by atoms with van der Waals surface area (Å²) in [6.45, 7) is 3.05. The maximum absolute atomic E-state index is 12.6. The lowest BCUT2D eigenvalue weighted by Crippen LogP contribution is -2.15. The molecule has 26 heavy (non-hydrogen) atoms. The van der Waals surface area contributed by atoms with Gasteiger partial charge in [0, 0.05) is 12.2 Å². The molecule has 134 valence electrons. The fourth-order valence-corrected chi connectivity index (χ4v) is 2.49. The lowest BCUT2D eigenvalue weighted by atomic mass is 10.2. The van der Waals surface area contributed by atoms with E-state index in [0.717, 1.165) is 11.3 Å². The van der Waals surface area contributed by atoms with E-state index >= 15 is 0 Å². The zero-order valence-corrected chi connectivity index (χ0v) is 14.5. The normalized spacial score (nSPS) is 10.3. The van der Waals surface area contributed by atoms with Crippen LogP contribution in [0.1, 0.15) is 22.8 Å². The standard InChI is InChI=1S/C19H21N5O2/c1-2-26-15-10-8-14(9-11-15)22-19(25)16-17(20)23-24-18(16)21-12-13-6-4-3-5-7-13/h3-11H,2,12H2,1H3,(H,22,25)(H4,20,21,23,24). The number of aromatic nitrogens is 2. The number of hydrogen-bond donors (Lipinski definition) is 4. The second kappa shape index (κ2) is 8.06. The number of nitrogens with one attached hydrogen (secondary N) is 3. The van der Waals surface area contributed by atoms with E-state index in [1.54, 1.807) is 24.3 Å². The molecule has 0 aliphatic heterocycles. The van der Waals surface area contributed by atoms with Crippen molar-refractivity contribution in [3.8, 4) is 5.75 Å². The molecule has 0 aliphatic rings.